The van der Waals surface area contributed by atoms with Gasteiger partial charge in [0.15, 0.2) is 0 Å². The summed E-state index contributed by atoms with van der Waals surface area (Å²) in [5.41, 5.74) is 7.88. The molecule has 1 aliphatic carbocycles. The lowest BCUT2D eigenvalue weighted by Crippen LogP contribution is -2.33. The van der Waals surface area contributed by atoms with E-state index in [9.17, 15) is 13.2 Å². The third-order valence-electron chi connectivity index (χ3n) is 10.4. The van der Waals surface area contributed by atoms with Gasteiger partial charge in [-0.1, -0.05) is 123 Å². The number of pyridine rings is 1. The molecule has 9 nitrogen and oxygen atoms in total. The lowest BCUT2D eigenvalue weighted by molar-refractivity contribution is 0.0979. The monoisotopic (exact) mass is 884 g/mol. The fourth-order valence-electron chi connectivity index (χ4n) is 7.28. The van der Waals surface area contributed by atoms with Gasteiger partial charge in [-0.05, 0) is 111 Å². The van der Waals surface area contributed by atoms with Gasteiger partial charge in [0.1, 0.15) is 25.0 Å². The fraction of sp³-hybridized carbons (Fsp3) is 0.440. The number of H-pyrrole nitrogens is 1. The largest absolute Gasteiger partial charge is 0.455 e. The van der Waals surface area contributed by atoms with Crippen LogP contribution in [0.2, 0.25) is 5.02 Å². The molecule has 12 heteroatoms. The first-order chi connectivity index (χ1) is 29.6. The number of rotatable bonds is 13. The maximum absolute atomic E-state index is 13.8. The van der Waals surface area contributed by atoms with Gasteiger partial charge in [-0.2, -0.15) is 0 Å². The molecule has 0 bridgehead atoms. The highest BCUT2D eigenvalue weighted by Gasteiger charge is 2.29. The number of fused-ring (bicyclic) bond motifs is 1. The van der Waals surface area contributed by atoms with E-state index < -0.39 is 15.9 Å². The van der Waals surface area contributed by atoms with Crippen LogP contribution in [0, 0.1) is 26.2 Å². The molecule has 0 saturated heterocycles. The minimum absolute atomic E-state index is 0.0266. The number of allylic oxidation sites excluding steroid dienone is 1. The maximum Gasteiger partial charge on any atom is 0.268 e. The van der Waals surface area contributed by atoms with Crippen LogP contribution in [0.4, 0.5) is 5.69 Å². The van der Waals surface area contributed by atoms with Crippen LogP contribution in [0.25, 0.3) is 16.6 Å². The predicted molar refractivity (Wildman–Crippen MR) is 265 cm³/mol. The van der Waals surface area contributed by atoms with E-state index >= 15 is 0 Å². The van der Waals surface area contributed by atoms with Crippen LogP contribution in [-0.2, 0) is 10.0 Å². The zero-order valence-electron chi connectivity index (χ0n) is 39.8. The molecule has 0 aliphatic heterocycles. The Morgan fingerprint density at radius 3 is 2.24 bits per heavy atom. The van der Waals surface area contributed by atoms with E-state index in [1.165, 1.54) is 16.7 Å². The summed E-state index contributed by atoms with van der Waals surface area (Å²) in [6.45, 7) is 31.1. The molecule has 2 radical (unpaired) electrons. The molecule has 6 rings (SSSR count). The van der Waals surface area contributed by atoms with E-state index in [2.05, 4.69) is 57.8 Å². The van der Waals surface area contributed by atoms with Gasteiger partial charge in [0.25, 0.3) is 15.9 Å². The van der Waals surface area contributed by atoms with Gasteiger partial charge in [-0.15, -0.1) is 0 Å². The third kappa shape index (κ3) is 14.2. The summed E-state index contributed by atoms with van der Waals surface area (Å²) in [5.74, 6) is -0.243. The smallest absolute Gasteiger partial charge is 0.268 e. The normalized spacial score (nSPS) is 13.0. The predicted octanol–water partition coefficient (Wildman–Crippen LogP) is 12.3. The fourth-order valence-corrected chi connectivity index (χ4v) is 8.90. The summed E-state index contributed by atoms with van der Waals surface area (Å²) in [5, 5.41) is 5.06. The molecule has 0 atom stereocenters. The van der Waals surface area contributed by atoms with Gasteiger partial charge in [0.05, 0.1) is 16.7 Å². The molecule has 0 saturated carbocycles. The van der Waals surface area contributed by atoms with Crippen molar-refractivity contribution >= 4 is 63.1 Å². The molecule has 5 aromatic rings. The Morgan fingerprint density at radius 2 is 1.60 bits per heavy atom. The number of likely N-dealkylation sites (N-methyl/N-ethyl adjacent to an activating group) is 1. The molecule has 3 N–H and O–H groups in total. The molecule has 0 spiro atoms. The number of ether oxygens (including phenoxy) is 1. The minimum Gasteiger partial charge on any atom is -0.455 e. The van der Waals surface area contributed by atoms with Crippen molar-refractivity contribution in [3.8, 4) is 11.5 Å². The number of anilines is 1. The Kier molecular flexibility index (Phi) is 22.0. The first-order valence-electron chi connectivity index (χ1n) is 22.3. The van der Waals surface area contributed by atoms with E-state index in [0.29, 0.717) is 40.1 Å². The number of halogens is 1. The molecular formula is C50H71BClN5O4S. The molecule has 1 amide bonds. The Hall–Kier alpha value is -4.58. The van der Waals surface area contributed by atoms with Crippen LogP contribution in [-0.4, -0.2) is 63.2 Å². The first-order valence-corrected chi connectivity index (χ1v) is 24.1. The lowest BCUT2D eigenvalue weighted by Gasteiger charge is -2.36. The second-order valence-electron chi connectivity index (χ2n) is 14.9. The Balaban J connectivity index is 0.00000156. The van der Waals surface area contributed by atoms with Crippen molar-refractivity contribution in [3.05, 3.63) is 111 Å². The van der Waals surface area contributed by atoms with Crippen LogP contribution in [0.1, 0.15) is 128 Å². The Labute approximate surface area is 380 Å². The summed E-state index contributed by atoms with van der Waals surface area (Å²) in [6.07, 6.45) is 6.55. The number of nitrogens with one attached hydrogen (secondary N) is 3. The van der Waals surface area contributed by atoms with Crippen molar-refractivity contribution < 1.29 is 17.9 Å². The quantitative estimate of drug-likeness (QED) is 0.101. The molecule has 1 aliphatic rings. The SMILES string of the molecule is CC.CC.CC.CC.[B]c1cc(C)c(S(=O)(=O)NC(=O)c2ccc(NCCN(CC)CC3=C(c4ccc(Cl)cc4)CCC(C)(C)C3)cc2Oc2cnc3[nH]ccc3c2)c(C)c1C. The lowest BCUT2D eigenvalue weighted by atomic mass is 9.73. The molecule has 62 heavy (non-hydrogen) atoms. The Morgan fingerprint density at radius 1 is 0.935 bits per heavy atom. The average molecular weight is 884 g/mol. The van der Waals surface area contributed by atoms with Crippen molar-refractivity contribution in [2.24, 2.45) is 5.41 Å². The number of sulfonamides is 1. The van der Waals surface area contributed by atoms with E-state index in [-0.39, 0.29) is 21.6 Å². The number of carbonyl (C=O) groups is 1. The van der Waals surface area contributed by atoms with Crippen LogP contribution < -0.4 is 20.2 Å². The molecule has 2 aromatic heterocycles. The summed E-state index contributed by atoms with van der Waals surface area (Å²) < 4.78 is 35.8. The van der Waals surface area contributed by atoms with Crippen molar-refractivity contribution in [2.45, 2.75) is 121 Å². The van der Waals surface area contributed by atoms with E-state index in [0.717, 1.165) is 55.0 Å². The number of aromatic nitrogens is 2. The number of amides is 1. The summed E-state index contributed by atoms with van der Waals surface area (Å²) in [7, 11) is 1.83. The van der Waals surface area contributed by atoms with E-state index in [1.807, 2.05) is 73.6 Å². The van der Waals surface area contributed by atoms with Crippen LogP contribution in [0.3, 0.4) is 0 Å². The second-order valence-corrected chi connectivity index (χ2v) is 17.0. The van der Waals surface area contributed by atoms with Crippen LogP contribution in [0.15, 0.2) is 83.5 Å². The highest BCUT2D eigenvalue weighted by atomic mass is 35.5. The van der Waals surface area contributed by atoms with Crippen molar-refractivity contribution in [1.82, 2.24) is 19.6 Å². The van der Waals surface area contributed by atoms with Gasteiger partial charge in [-0.25, -0.2) is 18.1 Å². The highest BCUT2D eigenvalue weighted by molar-refractivity contribution is 7.90. The summed E-state index contributed by atoms with van der Waals surface area (Å²) in [6, 6.07) is 18.5. The number of nitrogens with zero attached hydrogens (tertiary/aromatic N) is 2. The molecule has 336 valence electrons. The van der Waals surface area contributed by atoms with Gasteiger partial charge in [-0.3, -0.25) is 9.69 Å². The number of aromatic amines is 1. The van der Waals surface area contributed by atoms with E-state index in [4.69, 9.17) is 24.2 Å². The number of hydrogen-bond donors (Lipinski definition) is 3. The molecule has 0 fully saturated rings. The maximum atomic E-state index is 13.8. The highest BCUT2D eigenvalue weighted by Crippen LogP contribution is 2.43. The minimum atomic E-state index is -4.26. The number of aryl methyl sites for hydroxylation is 1. The van der Waals surface area contributed by atoms with Gasteiger partial charge in [0.2, 0.25) is 0 Å². The molecular weight excluding hydrogens is 813 g/mol. The van der Waals surface area contributed by atoms with Gasteiger partial charge >= 0.3 is 0 Å². The average Bonchev–Trinajstić information content (AvgIpc) is 3.73. The topological polar surface area (TPSA) is 116 Å². The molecule has 2 heterocycles. The number of benzene rings is 3. The van der Waals surface area contributed by atoms with Crippen molar-refractivity contribution in [2.75, 3.05) is 31.5 Å². The van der Waals surface area contributed by atoms with Crippen LogP contribution >= 0.6 is 11.6 Å². The number of carbonyl (C=O) groups excluding carboxylic acids is 1. The number of hydrogen-bond acceptors (Lipinski definition) is 7. The molecule has 3 aromatic carbocycles. The summed E-state index contributed by atoms with van der Waals surface area (Å²) >= 11 is 6.21. The molecule has 0 unspecified atom stereocenters. The van der Waals surface area contributed by atoms with E-state index in [1.54, 1.807) is 63.5 Å². The third-order valence-corrected chi connectivity index (χ3v) is 12.2. The summed E-state index contributed by atoms with van der Waals surface area (Å²) in [4.78, 5) is 23.7. The first kappa shape index (κ1) is 53.6. The zero-order chi connectivity index (χ0) is 46.8. The van der Waals surface area contributed by atoms with Crippen LogP contribution in [0.5, 0.6) is 11.5 Å². The Bertz CT molecular complexity index is 2340. The van der Waals surface area contributed by atoms with Gasteiger partial charge < -0.3 is 15.0 Å². The standard InChI is InChI=1S/C42H47BClN5O4S.4C2H6/c1-7-49(25-31-23-42(5,6)16-14-35(31)29-8-10-32(44)11-9-29)19-18-45-33-12-13-36(38(22-33)53-34-21-30-15-17-46-40(30)47-24-34)41(50)48-54(51,52)39-26(2)20-37(43)27(3)28(39)4;4*1-2/h8-13,15,17,20-22,24,45H,7,14,16,18-19,23,25H2,1-6H3,(H,46,47)(H,48,50);4*1-2H3. The van der Waals surface area contributed by atoms with Crippen molar-refractivity contribution in [3.63, 3.8) is 0 Å². The second kappa shape index (κ2) is 25.5. The zero-order valence-corrected chi connectivity index (χ0v) is 41.3. The van der Waals surface area contributed by atoms with Gasteiger partial charge in [0, 0.05) is 48.0 Å². The van der Waals surface area contributed by atoms with Crippen molar-refractivity contribution in [1.29, 1.82) is 0 Å².